The van der Waals surface area contributed by atoms with Crippen molar-refractivity contribution in [2.24, 2.45) is 0 Å². The lowest BCUT2D eigenvalue weighted by Crippen LogP contribution is -2.13. The average Bonchev–Trinajstić information content (AvgIpc) is 2.53. The van der Waals surface area contributed by atoms with Crippen LogP contribution in [0.25, 0.3) is 5.70 Å². The molecule has 0 aromatic heterocycles. The molecule has 1 aromatic rings. The summed E-state index contributed by atoms with van der Waals surface area (Å²) in [5.74, 6) is 2.44. The van der Waals surface area contributed by atoms with Gasteiger partial charge in [0.15, 0.2) is 0 Å². The molecule has 0 saturated heterocycles. The maximum Gasteiger partial charge on any atom is 0.373 e. The van der Waals surface area contributed by atoms with Gasteiger partial charge in [0.1, 0.15) is 12.4 Å². The van der Waals surface area contributed by atoms with Gasteiger partial charge in [-0.05, 0) is 31.6 Å². The number of esters is 1. The van der Waals surface area contributed by atoms with E-state index in [-0.39, 0.29) is 12.4 Å². The van der Waals surface area contributed by atoms with Gasteiger partial charge in [0.25, 0.3) is 0 Å². The fraction of sp³-hybridized carbons (Fsp3) is 0.235. The quantitative estimate of drug-likeness (QED) is 0.209. The molecule has 1 aromatic carbocycles. The Morgan fingerprint density at radius 2 is 2.23 bits per heavy atom. The number of aryl methyl sites for hydroxylation is 1. The number of benzene rings is 1. The highest BCUT2D eigenvalue weighted by Crippen LogP contribution is 2.24. The molecule has 1 N–H and O–H groups in total. The number of rotatable bonds is 7. The number of carbonyl (C=O) groups is 1. The molecule has 0 saturated carbocycles. The van der Waals surface area contributed by atoms with Crippen LogP contribution < -0.4 is 10.2 Å². The molecule has 5 nitrogen and oxygen atoms in total. The predicted octanol–water partition coefficient (Wildman–Crippen LogP) is 2.58. The fourth-order valence-corrected chi connectivity index (χ4v) is 1.56. The van der Waals surface area contributed by atoms with Crippen molar-refractivity contribution in [1.29, 1.82) is 0 Å². The van der Waals surface area contributed by atoms with E-state index in [1.807, 2.05) is 19.1 Å². The summed E-state index contributed by atoms with van der Waals surface area (Å²) in [6, 6.07) is 5.45. The summed E-state index contributed by atoms with van der Waals surface area (Å²) in [7, 11) is 1.30. The van der Waals surface area contributed by atoms with Crippen molar-refractivity contribution >= 4 is 11.7 Å². The molecule has 0 bridgehead atoms. The SMILES string of the molecule is C#CCONC(=C)c1ccc(C)c(OC(=CC)C(=O)OC)c1. The van der Waals surface area contributed by atoms with E-state index in [4.69, 9.17) is 16.0 Å². The zero-order valence-electron chi connectivity index (χ0n) is 12.9. The summed E-state index contributed by atoms with van der Waals surface area (Å²) in [5, 5.41) is 0. The van der Waals surface area contributed by atoms with Crippen LogP contribution in [0, 0.1) is 19.3 Å². The van der Waals surface area contributed by atoms with E-state index < -0.39 is 5.97 Å². The Hall–Kier alpha value is -2.71. The molecule has 0 aliphatic heterocycles. The summed E-state index contributed by atoms with van der Waals surface area (Å²) in [6.07, 6.45) is 6.64. The zero-order valence-corrected chi connectivity index (χ0v) is 12.9. The summed E-state index contributed by atoms with van der Waals surface area (Å²) >= 11 is 0. The predicted molar refractivity (Wildman–Crippen MR) is 84.5 cm³/mol. The summed E-state index contributed by atoms with van der Waals surface area (Å²) in [4.78, 5) is 16.6. The number of hydroxylamine groups is 1. The average molecular weight is 301 g/mol. The Labute approximate surface area is 130 Å². The molecule has 0 aliphatic rings. The normalized spacial score (nSPS) is 10.5. The maximum absolute atomic E-state index is 11.6. The molecule has 0 spiro atoms. The zero-order chi connectivity index (χ0) is 16.5. The molecule has 22 heavy (non-hydrogen) atoms. The van der Waals surface area contributed by atoms with E-state index in [1.54, 1.807) is 19.1 Å². The number of hydrogen-bond acceptors (Lipinski definition) is 5. The molecule has 0 atom stereocenters. The highest BCUT2D eigenvalue weighted by atomic mass is 16.6. The minimum Gasteiger partial charge on any atom is -0.463 e. The molecule has 0 unspecified atom stereocenters. The molecule has 0 heterocycles. The van der Waals surface area contributed by atoms with E-state index >= 15 is 0 Å². The Balaban J connectivity index is 2.93. The Morgan fingerprint density at radius 1 is 1.50 bits per heavy atom. The first-order valence-corrected chi connectivity index (χ1v) is 6.57. The minimum atomic E-state index is -0.540. The largest absolute Gasteiger partial charge is 0.463 e. The first-order valence-electron chi connectivity index (χ1n) is 6.57. The van der Waals surface area contributed by atoms with Crippen LogP contribution in [-0.4, -0.2) is 19.7 Å². The number of ether oxygens (including phenoxy) is 2. The lowest BCUT2D eigenvalue weighted by molar-refractivity contribution is -0.138. The van der Waals surface area contributed by atoms with Crippen LogP contribution in [0.5, 0.6) is 5.75 Å². The molecular weight excluding hydrogens is 282 g/mol. The number of nitrogens with one attached hydrogen (secondary N) is 1. The number of terminal acetylenes is 1. The minimum absolute atomic E-state index is 0.116. The van der Waals surface area contributed by atoms with Crippen LogP contribution in [0.4, 0.5) is 0 Å². The first kappa shape index (κ1) is 17.3. The van der Waals surface area contributed by atoms with Gasteiger partial charge in [-0.1, -0.05) is 24.6 Å². The Morgan fingerprint density at radius 3 is 2.82 bits per heavy atom. The second-order valence-corrected chi connectivity index (χ2v) is 4.30. The summed E-state index contributed by atoms with van der Waals surface area (Å²) < 4.78 is 10.3. The molecule has 0 amide bonds. The fourth-order valence-electron chi connectivity index (χ4n) is 1.56. The van der Waals surface area contributed by atoms with Crippen LogP contribution in [0.3, 0.4) is 0 Å². The Bertz CT molecular complexity index is 626. The molecule has 1 rings (SSSR count). The highest BCUT2D eigenvalue weighted by Gasteiger charge is 2.13. The van der Waals surface area contributed by atoms with Crippen molar-refractivity contribution in [2.75, 3.05) is 13.7 Å². The third kappa shape index (κ3) is 4.69. The van der Waals surface area contributed by atoms with Crippen molar-refractivity contribution < 1.29 is 19.1 Å². The van der Waals surface area contributed by atoms with E-state index in [1.165, 1.54) is 7.11 Å². The van der Waals surface area contributed by atoms with Gasteiger partial charge >= 0.3 is 5.97 Å². The number of hydrogen-bond donors (Lipinski definition) is 1. The van der Waals surface area contributed by atoms with Gasteiger partial charge in [-0.2, -0.15) is 0 Å². The van der Waals surface area contributed by atoms with Gasteiger partial charge in [-0.15, -0.1) is 6.42 Å². The molecular formula is C17H19NO4. The van der Waals surface area contributed by atoms with Gasteiger partial charge in [-0.25, -0.2) is 4.79 Å². The van der Waals surface area contributed by atoms with Crippen LogP contribution >= 0.6 is 0 Å². The first-order chi connectivity index (χ1) is 10.5. The number of allylic oxidation sites excluding steroid dienone is 1. The maximum atomic E-state index is 11.6. The summed E-state index contributed by atoms with van der Waals surface area (Å²) in [5.41, 5.74) is 4.79. The Kier molecular flexibility index (Phi) is 6.74. The lowest BCUT2D eigenvalue weighted by atomic mass is 10.1. The standard InChI is InChI=1S/C17H19NO4/c1-6-10-21-18-13(4)14-9-8-12(3)16(11-14)22-15(7-2)17(19)20-5/h1,7-9,11,18H,4,10H2,2-3,5H3. The molecule has 0 fully saturated rings. The number of methoxy groups -OCH3 is 1. The topological polar surface area (TPSA) is 56.8 Å². The van der Waals surface area contributed by atoms with Crippen molar-refractivity contribution in [1.82, 2.24) is 5.48 Å². The van der Waals surface area contributed by atoms with Crippen molar-refractivity contribution in [3.8, 4) is 18.1 Å². The van der Waals surface area contributed by atoms with Gasteiger partial charge in [0.05, 0.1) is 12.8 Å². The second kappa shape index (κ2) is 8.55. The van der Waals surface area contributed by atoms with E-state index in [0.29, 0.717) is 11.4 Å². The van der Waals surface area contributed by atoms with E-state index in [9.17, 15) is 4.79 Å². The smallest absolute Gasteiger partial charge is 0.373 e. The van der Waals surface area contributed by atoms with Gasteiger partial charge in [0, 0.05) is 5.56 Å². The van der Waals surface area contributed by atoms with Gasteiger partial charge < -0.3 is 9.47 Å². The van der Waals surface area contributed by atoms with Crippen LogP contribution in [-0.2, 0) is 14.4 Å². The third-order valence-corrected chi connectivity index (χ3v) is 2.76. The molecule has 0 radical (unpaired) electrons. The monoisotopic (exact) mass is 301 g/mol. The van der Waals surface area contributed by atoms with Gasteiger partial charge in [0.2, 0.25) is 5.76 Å². The molecule has 5 heteroatoms. The van der Waals surface area contributed by atoms with Crippen molar-refractivity contribution in [2.45, 2.75) is 13.8 Å². The van der Waals surface area contributed by atoms with Crippen LogP contribution in [0.2, 0.25) is 0 Å². The van der Waals surface area contributed by atoms with Crippen molar-refractivity contribution in [3.63, 3.8) is 0 Å². The van der Waals surface area contributed by atoms with Crippen LogP contribution in [0.15, 0.2) is 36.6 Å². The van der Waals surface area contributed by atoms with Gasteiger partial charge in [-0.3, -0.25) is 10.3 Å². The lowest BCUT2D eigenvalue weighted by Gasteiger charge is -2.13. The van der Waals surface area contributed by atoms with E-state index in [2.05, 4.69) is 22.7 Å². The molecule has 0 aliphatic carbocycles. The van der Waals surface area contributed by atoms with Crippen LogP contribution in [0.1, 0.15) is 18.1 Å². The van der Waals surface area contributed by atoms with E-state index in [0.717, 1.165) is 11.1 Å². The number of carbonyl (C=O) groups excluding carboxylic acids is 1. The third-order valence-electron chi connectivity index (χ3n) is 2.76. The van der Waals surface area contributed by atoms with Crippen molar-refractivity contribution in [3.05, 3.63) is 47.7 Å². The highest BCUT2D eigenvalue weighted by molar-refractivity contribution is 5.86. The second-order valence-electron chi connectivity index (χ2n) is 4.30. The summed E-state index contributed by atoms with van der Waals surface area (Å²) in [6.45, 7) is 7.54. The molecule has 116 valence electrons.